The number of nitrogens with one attached hydrogen (secondary N) is 1. The summed E-state index contributed by atoms with van der Waals surface area (Å²) in [5, 5.41) is 2.00. The number of benzene rings is 2. The molecule has 0 aromatic heterocycles. The summed E-state index contributed by atoms with van der Waals surface area (Å²) in [7, 11) is 1.28. The van der Waals surface area contributed by atoms with E-state index >= 15 is 0 Å². The van der Waals surface area contributed by atoms with Crippen molar-refractivity contribution in [3.05, 3.63) is 64.3 Å². The number of thioether (sulfide) groups is 1. The van der Waals surface area contributed by atoms with Crippen molar-refractivity contribution in [2.45, 2.75) is 6.61 Å². The third-order valence-corrected chi connectivity index (χ3v) is 5.19. The first-order valence-corrected chi connectivity index (χ1v) is 10.0. The first kappa shape index (κ1) is 23.2. The van der Waals surface area contributed by atoms with Gasteiger partial charge in [-0.05, 0) is 53.7 Å². The largest absolute Gasteiger partial charge is 0.493 e. The molecular formula is C21H17F3N2O5S. The van der Waals surface area contributed by atoms with Crippen LogP contribution in [0.3, 0.4) is 0 Å². The Balaban J connectivity index is 1.64. The van der Waals surface area contributed by atoms with Gasteiger partial charge in [0.05, 0.1) is 12.0 Å². The molecule has 11 heteroatoms. The highest BCUT2D eigenvalue weighted by Gasteiger charge is 2.34. The Labute approximate surface area is 185 Å². The summed E-state index contributed by atoms with van der Waals surface area (Å²) in [5.41, 5.74) is 0.556. The second-order valence-electron chi connectivity index (χ2n) is 6.39. The zero-order chi connectivity index (χ0) is 23.3. The molecule has 1 aliphatic rings. The van der Waals surface area contributed by atoms with Crippen molar-refractivity contribution in [3.63, 3.8) is 0 Å². The zero-order valence-corrected chi connectivity index (χ0v) is 17.5. The molecule has 0 aliphatic carbocycles. The molecule has 3 rings (SSSR count). The van der Waals surface area contributed by atoms with E-state index in [1.165, 1.54) is 49.6 Å². The Bertz CT molecular complexity index is 1080. The molecule has 7 nitrogen and oxygen atoms in total. The predicted octanol–water partition coefficient (Wildman–Crippen LogP) is 3.90. The van der Waals surface area contributed by atoms with E-state index in [4.69, 9.17) is 4.74 Å². The molecule has 32 heavy (non-hydrogen) atoms. The van der Waals surface area contributed by atoms with Crippen LogP contribution in [0.1, 0.15) is 15.9 Å². The van der Waals surface area contributed by atoms with Gasteiger partial charge in [-0.25, -0.2) is 4.39 Å². The molecule has 0 radical (unpaired) electrons. The fraction of sp³-hybridized carbons (Fsp3) is 0.190. The maximum Gasteiger partial charge on any atom is 0.387 e. The van der Waals surface area contributed by atoms with Crippen molar-refractivity contribution in [1.29, 1.82) is 0 Å². The predicted molar refractivity (Wildman–Crippen MR) is 111 cm³/mol. The van der Waals surface area contributed by atoms with E-state index in [-0.39, 0.29) is 35.1 Å². The van der Waals surface area contributed by atoms with E-state index in [1.54, 1.807) is 0 Å². The van der Waals surface area contributed by atoms with Gasteiger partial charge in [0, 0.05) is 18.7 Å². The van der Waals surface area contributed by atoms with Crippen LogP contribution in [0.25, 0.3) is 6.08 Å². The van der Waals surface area contributed by atoms with E-state index in [2.05, 4.69) is 10.1 Å². The average Bonchev–Trinajstić information content (AvgIpc) is 3.01. The van der Waals surface area contributed by atoms with Gasteiger partial charge in [0.15, 0.2) is 11.5 Å². The van der Waals surface area contributed by atoms with E-state index in [9.17, 15) is 27.6 Å². The summed E-state index contributed by atoms with van der Waals surface area (Å²) in [4.78, 5) is 37.9. The number of alkyl halides is 2. The molecule has 1 saturated heterocycles. The molecule has 1 fully saturated rings. The van der Waals surface area contributed by atoms with Gasteiger partial charge >= 0.3 is 6.61 Å². The van der Waals surface area contributed by atoms with Crippen molar-refractivity contribution in [2.75, 3.05) is 20.2 Å². The van der Waals surface area contributed by atoms with Crippen LogP contribution in [0.2, 0.25) is 0 Å². The van der Waals surface area contributed by atoms with Crippen LogP contribution in [0.5, 0.6) is 11.5 Å². The maximum atomic E-state index is 13.2. The quantitative estimate of drug-likeness (QED) is 0.594. The molecule has 2 aromatic carbocycles. The second kappa shape index (κ2) is 10.2. The summed E-state index contributed by atoms with van der Waals surface area (Å²) < 4.78 is 47.5. The van der Waals surface area contributed by atoms with Crippen LogP contribution in [-0.2, 0) is 4.79 Å². The van der Waals surface area contributed by atoms with Gasteiger partial charge in [-0.2, -0.15) is 8.78 Å². The summed E-state index contributed by atoms with van der Waals surface area (Å²) in [6, 6.07) is 9.21. The van der Waals surface area contributed by atoms with Crippen molar-refractivity contribution < 1.29 is 37.0 Å². The number of amides is 3. The summed E-state index contributed by atoms with van der Waals surface area (Å²) in [5.74, 6) is -1.78. The molecule has 3 amide bonds. The Kier molecular flexibility index (Phi) is 7.41. The highest BCUT2D eigenvalue weighted by molar-refractivity contribution is 8.18. The van der Waals surface area contributed by atoms with E-state index in [0.717, 1.165) is 11.0 Å². The third kappa shape index (κ3) is 5.61. The number of hydrogen-bond donors (Lipinski definition) is 1. The lowest BCUT2D eigenvalue weighted by Crippen LogP contribution is -2.37. The number of ether oxygens (including phenoxy) is 2. The number of nitrogens with zero attached hydrogens (tertiary/aromatic N) is 1. The van der Waals surface area contributed by atoms with Gasteiger partial charge in [-0.3, -0.25) is 19.3 Å². The minimum atomic E-state index is -3.02. The van der Waals surface area contributed by atoms with Gasteiger partial charge in [0.1, 0.15) is 5.82 Å². The van der Waals surface area contributed by atoms with Crippen molar-refractivity contribution in [2.24, 2.45) is 0 Å². The first-order valence-electron chi connectivity index (χ1n) is 9.20. The van der Waals surface area contributed by atoms with Crippen LogP contribution >= 0.6 is 11.8 Å². The molecule has 1 aliphatic heterocycles. The van der Waals surface area contributed by atoms with Crippen molar-refractivity contribution in [1.82, 2.24) is 10.2 Å². The number of carbonyl (C=O) groups is 3. The van der Waals surface area contributed by atoms with Gasteiger partial charge in [-0.15, -0.1) is 0 Å². The molecule has 0 unspecified atom stereocenters. The molecule has 168 valence electrons. The van der Waals surface area contributed by atoms with Crippen LogP contribution in [0.15, 0.2) is 47.4 Å². The average molecular weight is 466 g/mol. The fourth-order valence-corrected chi connectivity index (χ4v) is 3.69. The molecule has 0 bridgehead atoms. The molecule has 1 heterocycles. The molecular weight excluding hydrogens is 449 g/mol. The van der Waals surface area contributed by atoms with Crippen molar-refractivity contribution >= 4 is 34.9 Å². The summed E-state index contributed by atoms with van der Waals surface area (Å²) in [6.45, 7) is -3.12. The first-order chi connectivity index (χ1) is 15.3. The van der Waals surface area contributed by atoms with Gasteiger partial charge in [-0.1, -0.05) is 12.1 Å². The number of methoxy groups -OCH3 is 1. The number of imide groups is 1. The van der Waals surface area contributed by atoms with E-state index in [1.807, 2.05) is 0 Å². The van der Waals surface area contributed by atoms with Crippen LogP contribution in [0, 0.1) is 5.82 Å². The monoisotopic (exact) mass is 466 g/mol. The summed E-state index contributed by atoms with van der Waals surface area (Å²) in [6.07, 6.45) is 1.42. The highest BCUT2D eigenvalue weighted by Crippen LogP contribution is 2.34. The SMILES string of the molecule is COc1cc(/C=C2\SC(=O)N(CCNC(=O)c3cccc(F)c3)C2=O)ccc1OC(F)F. The normalized spacial score (nSPS) is 14.9. The Morgan fingerprint density at radius 2 is 1.97 bits per heavy atom. The fourth-order valence-electron chi connectivity index (χ4n) is 2.82. The smallest absolute Gasteiger partial charge is 0.387 e. The number of carbonyl (C=O) groups excluding carboxylic acids is 3. The molecule has 0 saturated carbocycles. The van der Waals surface area contributed by atoms with Gasteiger partial charge < -0.3 is 14.8 Å². The number of hydrogen-bond acceptors (Lipinski definition) is 6. The molecule has 2 aromatic rings. The lowest BCUT2D eigenvalue weighted by atomic mass is 10.2. The minimum absolute atomic E-state index is 0.0197. The second-order valence-corrected chi connectivity index (χ2v) is 7.38. The topological polar surface area (TPSA) is 84.9 Å². The van der Waals surface area contributed by atoms with Gasteiger partial charge in [0.2, 0.25) is 0 Å². The number of halogens is 3. The third-order valence-electron chi connectivity index (χ3n) is 4.28. The zero-order valence-electron chi connectivity index (χ0n) is 16.6. The lowest BCUT2D eigenvalue weighted by molar-refractivity contribution is -0.122. The van der Waals surface area contributed by atoms with Crippen LogP contribution < -0.4 is 14.8 Å². The standard InChI is InChI=1S/C21H17F3N2O5S/c1-30-16-9-12(5-6-15(16)31-20(23)24)10-17-19(28)26(21(29)32-17)8-7-25-18(27)13-3-2-4-14(22)11-13/h2-6,9-11,20H,7-8H2,1H3,(H,25,27)/b17-10-. The Morgan fingerprint density at radius 1 is 1.19 bits per heavy atom. The summed E-state index contributed by atoms with van der Waals surface area (Å²) >= 11 is 0.706. The highest BCUT2D eigenvalue weighted by atomic mass is 32.2. The molecule has 0 spiro atoms. The molecule has 1 N–H and O–H groups in total. The lowest BCUT2D eigenvalue weighted by Gasteiger charge is -2.13. The molecule has 0 atom stereocenters. The van der Waals surface area contributed by atoms with Crippen molar-refractivity contribution in [3.8, 4) is 11.5 Å². The Hall–Kier alpha value is -3.47. The van der Waals surface area contributed by atoms with Crippen LogP contribution in [0.4, 0.5) is 18.0 Å². The van der Waals surface area contributed by atoms with E-state index < -0.39 is 29.5 Å². The maximum absolute atomic E-state index is 13.2. The number of rotatable bonds is 8. The Morgan fingerprint density at radius 3 is 2.66 bits per heavy atom. The van der Waals surface area contributed by atoms with Gasteiger partial charge in [0.25, 0.3) is 17.1 Å². The van der Waals surface area contributed by atoms with Crippen LogP contribution in [-0.4, -0.2) is 48.8 Å². The minimum Gasteiger partial charge on any atom is -0.493 e. The van der Waals surface area contributed by atoms with E-state index in [0.29, 0.717) is 17.3 Å².